The molecule has 0 bridgehead atoms. The Kier molecular flexibility index (Phi) is 3.62. The van der Waals surface area contributed by atoms with Crippen LogP contribution in [0.3, 0.4) is 0 Å². The van der Waals surface area contributed by atoms with E-state index in [-0.39, 0.29) is 0 Å². The third-order valence-corrected chi connectivity index (χ3v) is 2.99. The van der Waals surface area contributed by atoms with Gasteiger partial charge in [-0.1, -0.05) is 45.8 Å². The number of anilines is 1. The van der Waals surface area contributed by atoms with Crippen LogP contribution in [0.2, 0.25) is 0 Å². The molecule has 0 saturated carbocycles. The summed E-state index contributed by atoms with van der Waals surface area (Å²) < 4.78 is 1.10. The van der Waals surface area contributed by atoms with Crippen LogP contribution in [0, 0.1) is 6.92 Å². The van der Waals surface area contributed by atoms with Gasteiger partial charge in [0.25, 0.3) is 0 Å². The van der Waals surface area contributed by atoms with Gasteiger partial charge in [-0.05, 0) is 36.8 Å². The third kappa shape index (κ3) is 3.11. The van der Waals surface area contributed by atoms with Gasteiger partial charge in [-0.3, -0.25) is 0 Å². The molecule has 0 radical (unpaired) electrons. The van der Waals surface area contributed by atoms with Crippen LogP contribution in [0.4, 0.5) is 5.69 Å². The smallest absolute Gasteiger partial charge is 0.0400 e. The Morgan fingerprint density at radius 2 is 1.56 bits per heavy atom. The number of rotatable bonds is 3. The second-order valence-corrected chi connectivity index (χ2v) is 4.76. The molecule has 2 rings (SSSR count). The van der Waals surface area contributed by atoms with E-state index in [0.29, 0.717) is 0 Å². The molecule has 0 atom stereocenters. The number of aryl methyl sites for hydroxylation is 1. The van der Waals surface area contributed by atoms with Crippen molar-refractivity contribution in [2.24, 2.45) is 0 Å². The summed E-state index contributed by atoms with van der Waals surface area (Å²) in [5, 5.41) is 3.39. The summed E-state index contributed by atoms with van der Waals surface area (Å²) in [6.07, 6.45) is 0. The van der Waals surface area contributed by atoms with Gasteiger partial charge >= 0.3 is 0 Å². The van der Waals surface area contributed by atoms with Crippen molar-refractivity contribution in [3.05, 3.63) is 64.1 Å². The molecule has 1 nitrogen and oxygen atoms in total. The molecule has 0 amide bonds. The van der Waals surface area contributed by atoms with E-state index in [1.807, 2.05) is 12.1 Å². The van der Waals surface area contributed by atoms with Gasteiger partial charge in [-0.2, -0.15) is 0 Å². The van der Waals surface area contributed by atoms with Crippen LogP contribution in [-0.4, -0.2) is 0 Å². The minimum Gasteiger partial charge on any atom is -0.381 e. The van der Waals surface area contributed by atoms with Crippen LogP contribution in [-0.2, 0) is 6.54 Å². The molecule has 0 saturated heterocycles. The predicted molar refractivity (Wildman–Crippen MR) is 72.6 cm³/mol. The Labute approximate surface area is 105 Å². The second kappa shape index (κ2) is 5.17. The average Bonchev–Trinajstić information content (AvgIpc) is 2.30. The molecule has 0 unspecified atom stereocenters. The largest absolute Gasteiger partial charge is 0.381 e. The molecule has 0 aromatic heterocycles. The zero-order chi connectivity index (χ0) is 11.4. The van der Waals surface area contributed by atoms with Crippen LogP contribution in [0.25, 0.3) is 0 Å². The van der Waals surface area contributed by atoms with Crippen molar-refractivity contribution >= 4 is 21.6 Å². The first-order valence-electron chi connectivity index (χ1n) is 5.29. The normalized spacial score (nSPS) is 10.1. The van der Waals surface area contributed by atoms with E-state index in [1.165, 1.54) is 11.1 Å². The summed E-state index contributed by atoms with van der Waals surface area (Å²) in [4.78, 5) is 0. The van der Waals surface area contributed by atoms with Gasteiger partial charge in [-0.15, -0.1) is 0 Å². The van der Waals surface area contributed by atoms with Gasteiger partial charge in [0.05, 0.1) is 0 Å². The first-order chi connectivity index (χ1) is 7.74. The summed E-state index contributed by atoms with van der Waals surface area (Å²) in [7, 11) is 0. The molecule has 0 fully saturated rings. The molecule has 82 valence electrons. The molecule has 0 aliphatic carbocycles. The van der Waals surface area contributed by atoms with Crippen LogP contribution in [0.15, 0.2) is 53.0 Å². The molecule has 2 heteroatoms. The minimum absolute atomic E-state index is 0.863. The summed E-state index contributed by atoms with van der Waals surface area (Å²) in [6.45, 7) is 2.97. The topological polar surface area (TPSA) is 12.0 Å². The van der Waals surface area contributed by atoms with E-state index in [2.05, 4.69) is 64.6 Å². The van der Waals surface area contributed by atoms with Gasteiger partial charge in [0.2, 0.25) is 0 Å². The lowest BCUT2D eigenvalue weighted by Crippen LogP contribution is -1.98. The van der Waals surface area contributed by atoms with Crippen molar-refractivity contribution in [2.75, 3.05) is 5.32 Å². The van der Waals surface area contributed by atoms with E-state index in [9.17, 15) is 0 Å². The summed E-state index contributed by atoms with van der Waals surface area (Å²) in [5.74, 6) is 0. The molecule has 16 heavy (non-hydrogen) atoms. The highest BCUT2D eigenvalue weighted by Gasteiger charge is 1.94. The molecule has 2 aromatic carbocycles. The molecule has 0 heterocycles. The number of halogens is 1. The highest BCUT2D eigenvalue weighted by Crippen LogP contribution is 2.15. The highest BCUT2D eigenvalue weighted by atomic mass is 79.9. The van der Waals surface area contributed by atoms with Crippen LogP contribution in [0.5, 0.6) is 0 Å². The maximum absolute atomic E-state index is 3.42. The Bertz CT molecular complexity index is 400. The van der Waals surface area contributed by atoms with Crippen molar-refractivity contribution in [1.29, 1.82) is 0 Å². The molecular formula is C14H14BrN. The first-order valence-corrected chi connectivity index (χ1v) is 6.08. The fraction of sp³-hybridized carbons (Fsp3) is 0.143. The molecule has 2 aromatic rings. The fourth-order valence-corrected chi connectivity index (χ4v) is 1.74. The molecular weight excluding hydrogens is 262 g/mol. The maximum atomic E-state index is 3.42. The van der Waals surface area contributed by atoms with Gasteiger partial charge in [0.15, 0.2) is 0 Å². The van der Waals surface area contributed by atoms with Crippen LogP contribution >= 0.6 is 15.9 Å². The van der Waals surface area contributed by atoms with Gasteiger partial charge < -0.3 is 5.32 Å². The van der Waals surface area contributed by atoms with Crippen LogP contribution in [0.1, 0.15) is 11.1 Å². The molecule has 1 N–H and O–H groups in total. The summed E-state index contributed by atoms with van der Waals surface area (Å²) in [6, 6.07) is 16.8. The second-order valence-electron chi connectivity index (χ2n) is 3.85. The van der Waals surface area contributed by atoms with Gasteiger partial charge in [0, 0.05) is 16.7 Å². The van der Waals surface area contributed by atoms with E-state index >= 15 is 0 Å². The Morgan fingerprint density at radius 1 is 0.938 bits per heavy atom. The molecule has 0 aliphatic heterocycles. The molecule has 0 aliphatic rings. The van der Waals surface area contributed by atoms with E-state index in [0.717, 1.165) is 16.7 Å². The minimum atomic E-state index is 0.863. The Morgan fingerprint density at radius 3 is 2.19 bits per heavy atom. The standard InChI is InChI=1S/C14H14BrN/c1-11-2-4-12(5-3-11)10-16-14-8-6-13(15)7-9-14/h2-9,16H,10H2,1H3. The lowest BCUT2D eigenvalue weighted by molar-refractivity contribution is 1.14. The maximum Gasteiger partial charge on any atom is 0.0400 e. The predicted octanol–water partition coefficient (Wildman–Crippen LogP) is 4.37. The van der Waals surface area contributed by atoms with Crippen molar-refractivity contribution in [1.82, 2.24) is 0 Å². The molecule has 0 spiro atoms. The Hall–Kier alpha value is -1.28. The number of hydrogen-bond donors (Lipinski definition) is 1. The Balaban J connectivity index is 1.97. The van der Waals surface area contributed by atoms with Crippen molar-refractivity contribution in [3.63, 3.8) is 0 Å². The number of hydrogen-bond acceptors (Lipinski definition) is 1. The van der Waals surface area contributed by atoms with Crippen molar-refractivity contribution < 1.29 is 0 Å². The van der Waals surface area contributed by atoms with Crippen LogP contribution < -0.4 is 5.32 Å². The first kappa shape index (κ1) is 11.2. The average molecular weight is 276 g/mol. The number of nitrogens with one attached hydrogen (secondary N) is 1. The SMILES string of the molecule is Cc1ccc(CNc2ccc(Br)cc2)cc1. The lowest BCUT2D eigenvalue weighted by atomic mass is 10.1. The monoisotopic (exact) mass is 275 g/mol. The zero-order valence-electron chi connectivity index (χ0n) is 9.20. The van der Waals surface area contributed by atoms with E-state index in [1.54, 1.807) is 0 Å². The summed E-state index contributed by atoms with van der Waals surface area (Å²) in [5.41, 5.74) is 3.74. The fourth-order valence-electron chi connectivity index (χ4n) is 1.48. The quantitative estimate of drug-likeness (QED) is 0.877. The van der Waals surface area contributed by atoms with E-state index < -0.39 is 0 Å². The highest BCUT2D eigenvalue weighted by molar-refractivity contribution is 9.10. The lowest BCUT2D eigenvalue weighted by Gasteiger charge is -2.06. The van der Waals surface area contributed by atoms with Crippen molar-refractivity contribution in [3.8, 4) is 0 Å². The van der Waals surface area contributed by atoms with E-state index in [4.69, 9.17) is 0 Å². The summed E-state index contributed by atoms with van der Waals surface area (Å²) >= 11 is 3.42. The van der Waals surface area contributed by atoms with Gasteiger partial charge in [0.1, 0.15) is 0 Å². The zero-order valence-corrected chi connectivity index (χ0v) is 10.8. The number of benzene rings is 2. The third-order valence-electron chi connectivity index (χ3n) is 2.46. The van der Waals surface area contributed by atoms with Crippen molar-refractivity contribution in [2.45, 2.75) is 13.5 Å². The van der Waals surface area contributed by atoms with Gasteiger partial charge in [-0.25, -0.2) is 0 Å².